The molecule has 0 bridgehead atoms. The van der Waals surface area contributed by atoms with Crippen LogP contribution < -0.4 is 0 Å². The van der Waals surface area contributed by atoms with Gasteiger partial charge in [-0.25, -0.2) is 0 Å². The number of carbonyl (C=O) groups excluding carboxylic acids is 2. The third-order valence-corrected chi connectivity index (χ3v) is 4.43. The van der Waals surface area contributed by atoms with E-state index >= 15 is 0 Å². The van der Waals surface area contributed by atoms with Crippen molar-refractivity contribution in [2.75, 3.05) is 25.2 Å². The molecule has 20 heavy (non-hydrogen) atoms. The maximum absolute atomic E-state index is 12.3. The van der Waals surface area contributed by atoms with E-state index in [1.165, 1.54) is 7.11 Å². The van der Waals surface area contributed by atoms with E-state index in [2.05, 4.69) is 0 Å². The molecule has 0 saturated carbocycles. The maximum atomic E-state index is 12.3. The van der Waals surface area contributed by atoms with Crippen LogP contribution in [0.5, 0.6) is 0 Å². The molecule has 2 heterocycles. The fraction of sp³-hybridized carbons (Fsp3) is 0.571. The second-order valence-electron chi connectivity index (χ2n) is 4.68. The normalized spacial score (nSPS) is 18.9. The number of ether oxygens (including phenoxy) is 1. The highest BCUT2D eigenvalue weighted by Gasteiger charge is 2.28. The number of hydrogen-bond acceptors (Lipinski definition) is 5. The molecule has 1 aromatic rings. The van der Waals surface area contributed by atoms with Gasteiger partial charge >= 0.3 is 5.97 Å². The maximum Gasteiger partial charge on any atom is 0.307 e. The summed E-state index contributed by atoms with van der Waals surface area (Å²) in [7, 11) is 1.38. The number of carbonyl (C=O) groups is 2. The molecule has 0 spiro atoms. The minimum Gasteiger partial charge on any atom is -0.469 e. The molecular weight excluding hydrogens is 278 g/mol. The van der Waals surface area contributed by atoms with Gasteiger partial charge in [0.2, 0.25) is 5.91 Å². The number of thioether (sulfide) groups is 1. The van der Waals surface area contributed by atoms with Gasteiger partial charge in [0.05, 0.1) is 25.8 Å². The van der Waals surface area contributed by atoms with E-state index in [0.717, 1.165) is 17.3 Å². The average Bonchev–Trinajstić information content (AvgIpc) is 2.98. The molecule has 110 valence electrons. The fourth-order valence-corrected chi connectivity index (χ4v) is 3.32. The zero-order valence-corrected chi connectivity index (χ0v) is 12.4. The lowest BCUT2D eigenvalue weighted by Gasteiger charge is -2.35. The number of aryl methyl sites for hydroxylation is 1. The Labute approximate surface area is 122 Å². The molecule has 1 aromatic heterocycles. The van der Waals surface area contributed by atoms with Gasteiger partial charge in [0, 0.05) is 30.9 Å². The summed E-state index contributed by atoms with van der Waals surface area (Å²) in [5, 5.41) is 0. The molecule has 2 rings (SSSR count). The zero-order chi connectivity index (χ0) is 14.4. The quantitative estimate of drug-likeness (QED) is 0.775. The monoisotopic (exact) mass is 297 g/mol. The van der Waals surface area contributed by atoms with E-state index in [1.54, 1.807) is 18.0 Å². The Morgan fingerprint density at radius 1 is 1.55 bits per heavy atom. The summed E-state index contributed by atoms with van der Waals surface area (Å²) in [4.78, 5) is 25.5. The van der Waals surface area contributed by atoms with Gasteiger partial charge in [0.1, 0.15) is 5.76 Å². The van der Waals surface area contributed by atoms with Crippen molar-refractivity contribution in [3.63, 3.8) is 0 Å². The van der Waals surface area contributed by atoms with Crippen LogP contribution in [-0.2, 0) is 20.7 Å². The van der Waals surface area contributed by atoms with Crippen molar-refractivity contribution < 1.29 is 18.7 Å². The number of nitrogens with zero attached hydrogens (tertiary/aromatic N) is 1. The van der Waals surface area contributed by atoms with E-state index in [1.807, 2.05) is 17.0 Å². The SMILES string of the molecule is COC(=O)CC1CSCCN1C(=O)CCc1ccco1. The largest absolute Gasteiger partial charge is 0.469 e. The van der Waals surface area contributed by atoms with Gasteiger partial charge in [-0.15, -0.1) is 0 Å². The van der Waals surface area contributed by atoms with E-state index in [4.69, 9.17) is 9.15 Å². The van der Waals surface area contributed by atoms with E-state index in [-0.39, 0.29) is 24.3 Å². The van der Waals surface area contributed by atoms with Crippen molar-refractivity contribution in [1.29, 1.82) is 0 Å². The van der Waals surface area contributed by atoms with Crippen LogP contribution in [0.25, 0.3) is 0 Å². The Bertz CT molecular complexity index is 446. The highest BCUT2D eigenvalue weighted by atomic mass is 32.2. The van der Waals surface area contributed by atoms with Crippen molar-refractivity contribution in [1.82, 2.24) is 4.90 Å². The summed E-state index contributed by atoms with van der Waals surface area (Å²) in [5.41, 5.74) is 0. The van der Waals surface area contributed by atoms with Crippen LogP contribution in [0.2, 0.25) is 0 Å². The molecule has 1 fully saturated rings. The number of furan rings is 1. The average molecular weight is 297 g/mol. The first-order valence-corrected chi connectivity index (χ1v) is 7.82. The smallest absolute Gasteiger partial charge is 0.307 e. The molecule has 5 nitrogen and oxygen atoms in total. The van der Waals surface area contributed by atoms with Crippen LogP contribution in [0, 0.1) is 0 Å². The van der Waals surface area contributed by atoms with Crippen LogP contribution in [0.4, 0.5) is 0 Å². The van der Waals surface area contributed by atoms with Crippen molar-refractivity contribution in [2.24, 2.45) is 0 Å². The van der Waals surface area contributed by atoms with Crippen LogP contribution in [0.15, 0.2) is 22.8 Å². The van der Waals surface area contributed by atoms with E-state index in [0.29, 0.717) is 19.4 Å². The number of esters is 1. The van der Waals surface area contributed by atoms with E-state index in [9.17, 15) is 9.59 Å². The molecule has 1 unspecified atom stereocenters. The van der Waals surface area contributed by atoms with Gasteiger partial charge in [0.15, 0.2) is 0 Å². The van der Waals surface area contributed by atoms with Crippen LogP contribution in [-0.4, -0.2) is 48.0 Å². The molecule has 0 aliphatic carbocycles. The predicted octanol–water partition coefficient (Wildman–Crippen LogP) is 1.72. The molecule has 1 aliphatic heterocycles. The lowest BCUT2D eigenvalue weighted by molar-refractivity contribution is -0.143. The zero-order valence-electron chi connectivity index (χ0n) is 11.5. The summed E-state index contributed by atoms with van der Waals surface area (Å²) in [6.45, 7) is 0.698. The van der Waals surface area contributed by atoms with Crippen molar-refractivity contribution in [2.45, 2.75) is 25.3 Å². The summed E-state index contributed by atoms with van der Waals surface area (Å²) in [6, 6.07) is 3.63. The molecule has 1 aliphatic rings. The van der Waals surface area contributed by atoms with Gasteiger partial charge in [-0.05, 0) is 12.1 Å². The molecule has 6 heteroatoms. The van der Waals surface area contributed by atoms with Crippen molar-refractivity contribution >= 4 is 23.6 Å². The summed E-state index contributed by atoms with van der Waals surface area (Å²) < 4.78 is 9.93. The van der Waals surface area contributed by atoms with Crippen molar-refractivity contribution in [3.8, 4) is 0 Å². The predicted molar refractivity (Wildman–Crippen MR) is 76.5 cm³/mol. The lowest BCUT2D eigenvalue weighted by Crippen LogP contribution is -2.47. The Kier molecular flexibility index (Phi) is 5.52. The molecule has 1 atom stereocenters. The molecule has 1 amide bonds. The number of hydrogen-bond donors (Lipinski definition) is 0. The van der Waals surface area contributed by atoms with Gasteiger partial charge in [-0.2, -0.15) is 11.8 Å². The molecule has 1 saturated heterocycles. The molecule has 0 aromatic carbocycles. The van der Waals surface area contributed by atoms with Gasteiger partial charge < -0.3 is 14.1 Å². The van der Waals surface area contributed by atoms with E-state index < -0.39 is 0 Å². The molecule has 0 radical (unpaired) electrons. The van der Waals surface area contributed by atoms with Crippen molar-refractivity contribution in [3.05, 3.63) is 24.2 Å². The van der Waals surface area contributed by atoms with Gasteiger partial charge in [0.25, 0.3) is 0 Å². The third kappa shape index (κ3) is 4.03. The standard InChI is InChI=1S/C14H19NO4S/c1-18-14(17)9-11-10-20-8-6-15(11)13(16)5-4-12-3-2-7-19-12/h2-3,7,11H,4-6,8-10H2,1H3. The summed E-state index contributed by atoms with van der Waals surface area (Å²) in [6.07, 6.45) is 2.89. The van der Waals surface area contributed by atoms with Gasteiger partial charge in [-0.3, -0.25) is 9.59 Å². The first-order valence-electron chi connectivity index (χ1n) is 6.67. The molecular formula is C14H19NO4S. The first-order chi connectivity index (χ1) is 9.70. The fourth-order valence-electron chi connectivity index (χ4n) is 2.26. The number of rotatable bonds is 5. The van der Waals surface area contributed by atoms with Crippen LogP contribution >= 0.6 is 11.8 Å². The number of methoxy groups -OCH3 is 1. The second-order valence-corrected chi connectivity index (χ2v) is 5.83. The summed E-state index contributed by atoms with van der Waals surface area (Å²) in [5.74, 6) is 2.34. The lowest BCUT2D eigenvalue weighted by atomic mass is 10.1. The second kappa shape index (κ2) is 7.38. The minimum absolute atomic E-state index is 0.0506. The van der Waals surface area contributed by atoms with Crippen LogP contribution in [0.1, 0.15) is 18.6 Å². The number of amides is 1. The van der Waals surface area contributed by atoms with Crippen LogP contribution in [0.3, 0.4) is 0 Å². The summed E-state index contributed by atoms with van der Waals surface area (Å²) >= 11 is 1.77. The Morgan fingerprint density at radius 2 is 2.40 bits per heavy atom. The molecule has 0 N–H and O–H groups in total. The highest BCUT2D eigenvalue weighted by molar-refractivity contribution is 7.99. The topological polar surface area (TPSA) is 59.8 Å². The highest BCUT2D eigenvalue weighted by Crippen LogP contribution is 2.20. The minimum atomic E-state index is -0.263. The Hall–Kier alpha value is -1.43. The van der Waals surface area contributed by atoms with Gasteiger partial charge in [-0.1, -0.05) is 0 Å². The third-order valence-electron chi connectivity index (χ3n) is 3.34. The first kappa shape index (κ1) is 15.0. The Balaban J connectivity index is 1.89. The Morgan fingerprint density at radius 3 is 3.10 bits per heavy atom.